The summed E-state index contributed by atoms with van der Waals surface area (Å²) in [4.78, 5) is 15.9. The minimum atomic E-state index is -0.00176. The first-order valence-electron chi connectivity index (χ1n) is 10.8. The Morgan fingerprint density at radius 2 is 1.59 bits per heavy atom. The van der Waals surface area contributed by atoms with Crippen LogP contribution in [0.2, 0.25) is 0 Å². The number of rotatable bonds is 2. The maximum atomic E-state index is 13.2. The van der Waals surface area contributed by atoms with Gasteiger partial charge >= 0.3 is 0 Å². The summed E-state index contributed by atoms with van der Waals surface area (Å²) in [6.45, 7) is 4.33. The Morgan fingerprint density at radius 3 is 2.21 bits per heavy atom. The quantitative estimate of drug-likeness (QED) is 0.705. The molecule has 2 aliphatic carbocycles. The van der Waals surface area contributed by atoms with Crippen LogP contribution < -0.4 is 10.2 Å². The maximum absolute atomic E-state index is 13.2. The number of benzene rings is 2. The van der Waals surface area contributed by atoms with Crippen molar-refractivity contribution < 1.29 is 4.79 Å². The third kappa shape index (κ3) is 2.60. The van der Waals surface area contributed by atoms with Gasteiger partial charge in [-0.05, 0) is 66.5 Å². The van der Waals surface area contributed by atoms with E-state index >= 15 is 0 Å². The van der Waals surface area contributed by atoms with E-state index in [9.17, 15) is 4.79 Å². The van der Waals surface area contributed by atoms with E-state index in [1.54, 1.807) is 0 Å². The summed E-state index contributed by atoms with van der Waals surface area (Å²) in [5, 5.41) is 3.14. The zero-order chi connectivity index (χ0) is 19.5. The average molecular weight is 383 g/mol. The molecule has 0 fully saturated rings. The first-order chi connectivity index (χ1) is 14.2. The van der Waals surface area contributed by atoms with E-state index in [4.69, 9.17) is 0 Å². The van der Waals surface area contributed by atoms with Crippen LogP contribution in [-0.4, -0.2) is 19.0 Å². The standard InChI is InChI=1S/C26H26N2O/c1-16-6-2-3-11-24(16)27-26(29)19-12-22-20-9-4-7-17(20)14-28-15-18-8-5-10-21(18)23(13-19)25(22)28/h2-6,9-13,17-18,20-21H,7-8,14-15H2,1H3,(H,27,29)/t17-,18+,20+,21-. The van der Waals surface area contributed by atoms with Gasteiger partial charge in [-0.15, -0.1) is 0 Å². The van der Waals surface area contributed by atoms with Crippen LogP contribution in [0.15, 0.2) is 60.7 Å². The Labute approximate surface area is 172 Å². The number of hydrogen-bond donors (Lipinski definition) is 1. The Morgan fingerprint density at radius 1 is 0.966 bits per heavy atom. The van der Waals surface area contributed by atoms with Crippen molar-refractivity contribution in [3.8, 4) is 0 Å². The molecule has 6 rings (SSSR count). The summed E-state index contributed by atoms with van der Waals surface area (Å²) in [6.07, 6.45) is 11.7. The Balaban J connectivity index is 1.46. The zero-order valence-corrected chi connectivity index (χ0v) is 16.8. The van der Waals surface area contributed by atoms with Crippen molar-refractivity contribution in [2.24, 2.45) is 11.8 Å². The van der Waals surface area contributed by atoms with E-state index in [2.05, 4.69) is 46.7 Å². The summed E-state index contributed by atoms with van der Waals surface area (Å²) in [5.41, 5.74) is 6.91. The maximum Gasteiger partial charge on any atom is 0.255 e. The summed E-state index contributed by atoms with van der Waals surface area (Å²) in [5.74, 6) is 2.20. The molecule has 2 aliphatic heterocycles. The molecule has 2 aromatic carbocycles. The first-order valence-corrected chi connectivity index (χ1v) is 10.8. The van der Waals surface area contributed by atoms with Crippen molar-refractivity contribution in [1.82, 2.24) is 0 Å². The minimum absolute atomic E-state index is 0.00176. The second kappa shape index (κ2) is 6.35. The van der Waals surface area contributed by atoms with Crippen LogP contribution in [-0.2, 0) is 0 Å². The lowest BCUT2D eigenvalue weighted by Gasteiger charge is -2.46. The molecule has 3 heteroatoms. The highest BCUT2D eigenvalue weighted by molar-refractivity contribution is 6.05. The van der Waals surface area contributed by atoms with Gasteiger partial charge in [0.05, 0.1) is 0 Å². The molecule has 0 spiro atoms. The lowest BCUT2D eigenvalue weighted by Crippen LogP contribution is -2.43. The largest absolute Gasteiger partial charge is 0.370 e. The highest BCUT2D eigenvalue weighted by atomic mass is 16.1. The fourth-order valence-electron chi connectivity index (χ4n) is 5.91. The highest BCUT2D eigenvalue weighted by Crippen LogP contribution is 2.53. The van der Waals surface area contributed by atoms with Gasteiger partial charge in [0.15, 0.2) is 0 Å². The topological polar surface area (TPSA) is 32.3 Å². The van der Waals surface area contributed by atoms with Crippen LogP contribution in [0.3, 0.4) is 0 Å². The van der Waals surface area contributed by atoms with E-state index in [0.717, 1.165) is 42.7 Å². The van der Waals surface area contributed by atoms with Gasteiger partial charge in [0.2, 0.25) is 0 Å². The molecule has 4 aliphatic rings. The Bertz CT molecular complexity index is 1020. The molecule has 29 heavy (non-hydrogen) atoms. The predicted molar refractivity (Wildman–Crippen MR) is 118 cm³/mol. The molecule has 4 atom stereocenters. The van der Waals surface area contributed by atoms with Crippen LogP contribution in [0.1, 0.15) is 51.7 Å². The molecule has 0 bridgehead atoms. The van der Waals surface area contributed by atoms with Gasteiger partial charge in [-0.3, -0.25) is 4.79 Å². The predicted octanol–water partition coefficient (Wildman–Crippen LogP) is 5.40. The number of para-hydroxylation sites is 1. The first kappa shape index (κ1) is 17.1. The number of nitrogens with zero attached hydrogens (tertiary/aromatic N) is 1. The van der Waals surface area contributed by atoms with E-state index in [0.29, 0.717) is 23.7 Å². The second-order valence-electron chi connectivity index (χ2n) is 9.08. The third-order valence-corrected chi connectivity index (χ3v) is 7.35. The highest BCUT2D eigenvalue weighted by Gasteiger charge is 2.42. The molecule has 2 aromatic rings. The molecule has 2 heterocycles. The van der Waals surface area contributed by atoms with Crippen LogP contribution in [0.4, 0.5) is 11.4 Å². The molecular weight excluding hydrogens is 356 g/mol. The molecule has 0 unspecified atom stereocenters. The van der Waals surface area contributed by atoms with Gasteiger partial charge in [-0.25, -0.2) is 0 Å². The molecule has 0 aromatic heterocycles. The average Bonchev–Trinajstić information content (AvgIpc) is 3.39. The van der Waals surface area contributed by atoms with Crippen molar-refractivity contribution >= 4 is 17.3 Å². The molecule has 0 saturated carbocycles. The van der Waals surface area contributed by atoms with E-state index < -0.39 is 0 Å². The van der Waals surface area contributed by atoms with E-state index in [1.807, 2.05) is 31.2 Å². The Kier molecular flexibility index (Phi) is 3.74. The van der Waals surface area contributed by atoms with Crippen LogP contribution in [0.25, 0.3) is 0 Å². The smallest absolute Gasteiger partial charge is 0.255 e. The number of nitrogens with one attached hydrogen (secondary N) is 1. The number of carbonyl (C=O) groups excluding carboxylic acids is 1. The van der Waals surface area contributed by atoms with Gasteiger partial charge in [0.25, 0.3) is 5.91 Å². The van der Waals surface area contributed by atoms with Gasteiger partial charge in [-0.2, -0.15) is 0 Å². The number of fused-ring (bicyclic) bond motifs is 4. The molecular formula is C26H26N2O. The van der Waals surface area contributed by atoms with Gasteiger partial charge in [0.1, 0.15) is 0 Å². The molecule has 0 saturated heterocycles. The molecule has 3 nitrogen and oxygen atoms in total. The van der Waals surface area contributed by atoms with Crippen molar-refractivity contribution in [2.45, 2.75) is 31.6 Å². The summed E-state index contributed by atoms with van der Waals surface area (Å²) >= 11 is 0. The monoisotopic (exact) mass is 382 g/mol. The lowest BCUT2D eigenvalue weighted by molar-refractivity contribution is 0.102. The van der Waals surface area contributed by atoms with E-state index in [-0.39, 0.29) is 5.91 Å². The number of aryl methyl sites for hydroxylation is 1. The fraction of sp³-hybridized carbons (Fsp3) is 0.346. The van der Waals surface area contributed by atoms with Crippen LogP contribution in [0, 0.1) is 18.8 Å². The fourth-order valence-corrected chi connectivity index (χ4v) is 5.91. The molecule has 0 radical (unpaired) electrons. The zero-order valence-electron chi connectivity index (χ0n) is 16.8. The van der Waals surface area contributed by atoms with Crippen molar-refractivity contribution in [1.29, 1.82) is 0 Å². The van der Waals surface area contributed by atoms with E-state index in [1.165, 1.54) is 16.8 Å². The summed E-state index contributed by atoms with van der Waals surface area (Å²) in [6, 6.07) is 12.3. The summed E-state index contributed by atoms with van der Waals surface area (Å²) in [7, 11) is 0. The van der Waals surface area contributed by atoms with Gasteiger partial charge in [0, 0.05) is 41.9 Å². The molecule has 146 valence electrons. The van der Waals surface area contributed by atoms with Gasteiger partial charge in [-0.1, -0.05) is 42.5 Å². The number of amides is 1. The van der Waals surface area contributed by atoms with Crippen molar-refractivity contribution in [3.05, 3.63) is 83.0 Å². The molecule has 1 amide bonds. The van der Waals surface area contributed by atoms with Crippen molar-refractivity contribution in [2.75, 3.05) is 23.3 Å². The number of anilines is 2. The van der Waals surface area contributed by atoms with Crippen LogP contribution in [0.5, 0.6) is 0 Å². The van der Waals surface area contributed by atoms with Gasteiger partial charge < -0.3 is 10.2 Å². The summed E-state index contributed by atoms with van der Waals surface area (Å²) < 4.78 is 0. The lowest BCUT2D eigenvalue weighted by atomic mass is 9.74. The Hall–Kier alpha value is -2.81. The minimum Gasteiger partial charge on any atom is -0.370 e. The van der Waals surface area contributed by atoms with Crippen LogP contribution >= 0.6 is 0 Å². The van der Waals surface area contributed by atoms with Crippen molar-refractivity contribution in [3.63, 3.8) is 0 Å². The normalized spacial score (nSPS) is 28.1. The number of carbonyl (C=O) groups is 1. The second-order valence-corrected chi connectivity index (χ2v) is 9.08. The third-order valence-electron chi connectivity index (χ3n) is 7.35. The molecule has 1 N–H and O–H groups in total. The number of hydrogen-bond acceptors (Lipinski definition) is 2. The SMILES string of the molecule is Cc1ccccc1NC(=O)c1cc2c3c(c1)[C@@H]1C=CC[C@H]1CN3C[C@H]1CC=C[C@H]21. The number of allylic oxidation sites excluding steroid dienone is 4.